The standard InChI is InChI=1S/C27H38N2O6/c1-17(2)15-21(26(33)35-28-18-11-7-6-8-12-18)22(25(32)34-27(3,4)5)16-29-23(30)19-13-9-10-14-20(19)24(29)31/h9-10,13-14,17-18,21-22,28H,6-8,11-12,15-16H2,1-5H3/t21-,22+/m1/s1. The molecular weight excluding hydrogens is 448 g/mol. The third-order valence-electron chi connectivity index (χ3n) is 6.41. The number of imide groups is 1. The van der Waals surface area contributed by atoms with E-state index in [4.69, 9.17) is 9.57 Å². The molecule has 35 heavy (non-hydrogen) atoms. The molecule has 8 heteroatoms. The fourth-order valence-electron chi connectivity index (χ4n) is 4.72. The highest BCUT2D eigenvalue weighted by Gasteiger charge is 2.44. The number of fused-ring (bicyclic) bond motifs is 1. The Morgan fingerprint density at radius 1 is 0.971 bits per heavy atom. The van der Waals surface area contributed by atoms with E-state index < -0.39 is 41.2 Å². The minimum Gasteiger partial charge on any atom is -0.460 e. The van der Waals surface area contributed by atoms with Crippen molar-refractivity contribution in [3.05, 3.63) is 35.4 Å². The first-order valence-electron chi connectivity index (χ1n) is 12.6. The van der Waals surface area contributed by atoms with Crippen LogP contribution in [0.25, 0.3) is 0 Å². The van der Waals surface area contributed by atoms with Gasteiger partial charge in [0, 0.05) is 12.6 Å². The lowest BCUT2D eigenvalue weighted by atomic mass is 9.84. The number of nitrogens with one attached hydrogen (secondary N) is 1. The molecule has 1 aromatic carbocycles. The SMILES string of the molecule is CC(C)C[C@@H](C(=O)ONC1CCCCC1)[C@H](CN1C(=O)c2ccccc2C1=O)C(=O)OC(C)(C)C. The predicted octanol–water partition coefficient (Wildman–Crippen LogP) is 4.28. The second-order valence-electron chi connectivity index (χ2n) is 11.0. The molecule has 0 bridgehead atoms. The molecule has 8 nitrogen and oxygen atoms in total. The summed E-state index contributed by atoms with van der Waals surface area (Å²) >= 11 is 0. The molecule has 1 aliphatic carbocycles. The normalized spacial score (nSPS) is 18.4. The molecule has 192 valence electrons. The van der Waals surface area contributed by atoms with E-state index in [1.807, 2.05) is 13.8 Å². The van der Waals surface area contributed by atoms with Crippen molar-refractivity contribution in [2.45, 2.75) is 84.8 Å². The van der Waals surface area contributed by atoms with Crippen molar-refractivity contribution in [1.82, 2.24) is 10.4 Å². The molecule has 0 aromatic heterocycles. The lowest BCUT2D eigenvalue weighted by molar-refractivity contribution is -0.173. The summed E-state index contributed by atoms with van der Waals surface area (Å²) in [7, 11) is 0. The summed E-state index contributed by atoms with van der Waals surface area (Å²) in [5.41, 5.74) is 2.68. The minimum absolute atomic E-state index is 0.0642. The maximum Gasteiger partial charge on any atom is 0.328 e. The number of ether oxygens (including phenoxy) is 1. The Bertz CT molecular complexity index is 910. The van der Waals surface area contributed by atoms with Gasteiger partial charge in [0.15, 0.2) is 0 Å². The first-order valence-corrected chi connectivity index (χ1v) is 12.6. The van der Waals surface area contributed by atoms with Crippen LogP contribution in [0.1, 0.15) is 93.9 Å². The number of hydrogen-bond acceptors (Lipinski definition) is 7. The van der Waals surface area contributed by atoms with Crippen molar-refractivity contribution < 1.29 is 28.8 Å². The van der Waals surface area contributed by atoms with Gasteiger partial charge in [-0.05, 0) is 58.1 Å². The first kappa shape index (κ1) is 26.9. The number of hydroxylamine groups is 1. The minimum atomic E-state index is -1.06. The van der Waals surface area contributed by atoms with E-state index in [0.29, 0.717) is 17.5 Å². The molecule has 1 aliphatic heterocycles. The number of hydrogen-bond donors (Lipinski definition) is 1. The maximum absolute atomic E-state index is 13.4. The molecule has 2 amide bonds. The van der Waals surface area contributed by atoms with Gasteiger partial charge in [0.2, 0.25) is 0 Å². The Balaban J connectivity index is 1.85. The van der Waals surface area contributed by atoms with Crippen LogP contribution in [0.4, 0.5) is 0 Å². The summed E-state index contributed by atoms with van der Waals surface area (Å²) in [4.78, 5) is 59.3. The second-order valence-corrected chi connectivity index (χ2v) is 11.0. The number of nitrogens with zero attached hydrogens (tertiary/aromatic N) is 1. The van der Waals surface area contributed by atoms with Gasteiger partial charge in [-0.1, -0.05) is 45.2 Å². The average Bonchev–Trinajstić information content (AvgIpc) is 3.03. The highest BCUT2D eigenvalue weighted by molar-refractivity contribution is 6.21. The molecule has 0 unspecified atom stereocenters. The van der Waals surface area contributed by atoms with E-state index in [2.05, 4.69) is 5.48 Å². The summed E-state index contributed by atoms with van der Waals surface area (Å²) < 4.78 is 5.65. The molecular formula is C27H38N2O6. The van der Waals surface area contributed by atoms with E-state index in [1.165, 1.54) is 6.42 Å². The molecule has 1 saturated carbocycles. The Morgan fingerprint density at radius 3 is 2.06 bits per heavy atom. The fourth-order valence-corrected chi connectivity index (χ4v) is 4.72. The number of carbonyl (C=O) groups excluding carboxylic acids is 4. The summed E-state index contributed by atoms with van der Waals surface area (Å²) in [6.07, 6.45) is 5.51. The Kier molecular flexibility index (Phi) is 8.70. The lowest BCUT2D eigenvalue weighted by Crippen LogP contribution is -2.46. The predicted molar refractivity (Wildman–Crippen MR) is 130 cm³/mol. The monoisotopic (exact) mass is 486 g/mol. The highest BCUT2D eigenvalue weighted by Crippen LogP contribution is 2.30. The van der Waals surface area contributed by atoms with Gasteiger partial charge in [-0.15, -0.1) is 0 Å². The molecule has 1 aromatic rings. The maximum atomic E-state index is 13.4. The third-order valence-corrected chi connectivity index (χ3v) is 6.41. The van der Waals surface area contributed by atoms with Crippen LogP contribution in [0.5, 0.6) is 0 Å². The van der Waals surface area contributed by atoms with Gasteiger partial charge in [0.05, 0.1) is 23.0 Å². The van der Waals surface area contributed by atoms with Gasteiger partial charge < -0.3 is 9.57 Å². The van der Waals surface area contributed by atoms with Gasteiger partial charge >= 0.3 is 11.9 Å². The van der Waals surface area contributed by atoms with Gasteiger partial charge in [-0.3, -0.25) is 24.1 Å². The van der Waals surface area contributed by atoms with Crippen LogP contribution >= 0.6 is 0 Å². The molecule has 2 atom stereocenters. The molecule has 0 radical (unpaired) electrons. The summed E-state index contributed by atoms with van der Waals surface area (Å²) in [5.74, 6) is -4.03. The van der Waals surface area contributed by atoms with Crippen molar-refractivity contribution in [2.24, 2.45) is 17.8 Å². The smallest absolute Gasteiger partial charge is 0.328 e. The molecule has 0 saturated heterocycles. The van der Waals surface area contributed by atoms with Crippen molar-refractivity contribution in [3.63, 3.8) is 0 Å². The Morgan fingerprint density at radius 2 is 1.54 bits per heavy atom. The number of amides is 2. The van der Waals surface area contributed by atoms with Crippen LogP contribution in [-0.2, 0) is 19.2 Å². The van der Waals surface area contributed by atoms with Gasteiger partial charge in [-0.2, -0.15) is 5.48 Å². The molecule has 1 N–H and O–H groups in total. The first-order chi connectivity index (χ1) is 16.5. The Hall–Kier alpha value is -2.74. The molecule has 2 aliphatic rings. The van der Waals surface area contributed by atoms with Crippen LogP contribution in [0.2, 0.25) is 0 Å². The van der Waals surface area contributed by atoms with E-state index in [-0.39, 0.29) is 18.5 Å². The van der Waals surface area contributed by atoms with Crippen molar-refractivity contribution >= 4 is 23.8 Å². The lowest BCUT2D eigenvalue weighted by Gasteiger charge is -2.31. The molecule has 3 rings (SSSR count). The van der Waals surface area contributed by atoms with Crippen LogP contribution in [0.15, 0.2) is 24.3 Å². The van der Waals surface area contributed by atoms with E-state index >= 15 is 0 Å². The van der Waals surface area contributed by atoms with Crippen molar-refractivity contribution in [2.75, 3.05) is 6.54 Å². The zero-order valence-corrected chi connectivity index (χ0v) is 21.5. The largest absolute Gasteiger partial charge is 0.460 e. The summed E-state index contributed by atoms with van der Waals surface area (Å²) in [5, 5.41) is 0. The molecule has 1 heterocycles. The zero-order chi connectivity index (χ0) is 25.8. The summed E-state index contributed by atoms with van der Waals surface area (Å²) in [6.45, 7) is 8.86. The van der Waals surface area contributed by atoms with E-state index in [9.17, 15) is 19.2 Å². The van der Waals surface area contributed by atoms with E-state index in [1.54, 1.807) is 45.0 Å². The highest BCUT2D eigenvalue weighted by atomic mass is 16.7. The zero-order valence-electron chi connectivity index (χ0n) is 21.5. The third kappa shape index (κ3) is 6.90. The van der Waals surface area contributed by atoms with Crippen molar-refractivity contribution in [1.29, 1.82) is 0 Å². The number of rotatable bonds is 9. The van der Waals surface area contributed by atoms with Crippen molar-refractivity contribution in [3.8, 4) is 0 Å². The number of esters is 1. The second kappa shape index (κ2) is 11.3. The number of carbonyl (C=O) groups is 4. The van der Waals surface area contributed by atoms with Gasteiger partial charge in [0.25, 0.3) is 11.8 Å². The number of benzene rings is 1. The Labute approximate surface area is 207 Å². The van der Waals surface area contributed by atoms with Gasteiger partial charge in [0.1, 0.15) is 5.60 Å². The fraction of sp³-hybridized carbons (Fsp3) is 0.630. The van der Waals surface area contributed by atoms with Gasteiger partial charge in [-0.25, -0.2) is 0 Å². The van der Waals surface area contributed by atoms with Crippen LogP contribution in [0.3, 0.4) is 0 Å². The average molecular weight is 487 g/mol. The van der Waals surface area contributed by atoms with Crippen LogP contribution < -0.4 is 5.48 Å². The summed E-state index contributed by atoms with van der Waals surface area (Å²) in [6, 6.07) is 6.64. The molecule has 1 fully saturated rings. The molecule has 0 spiro atoms. The quantitative estimate of drug-likeness (QED) is 0.316. The van der Waals surface area contributed by atoms with Crippen LogP contribution in [0, 0.1) is 17.8 Å². The van der Waals surface area contributed by atoms with Crippen LogP contribution in [-0.4, -0.2) is 46.8 Å². The van der Waals surface area contributed by atoms with E-state index in [0.717, 1.165) is 30.6 Å². The topological polar surface area (TPSA) is 102 Å².